The van der Waals surface area contributed by atoms with Gasteiger partial charge in [-0.25, -0.2) is 0 Å². The zero-order valence-corrected chi connectivity index (χ0v) is 30.9. The van der Waals surface area contributed by atoms with Gasteiger partial charge < -0.3 is 13.7 Å². The van der Waals surface area contributed by atoms with Gasteiger partial charge in [0.2, 0.25) is 0 Å². The summed E-state index contributed by atoms with van der Waals surface area (Å²) in [7, 11) is 0. The Kier molecular flexibility index (Phi) is 6.86. The first-order valence-corrected chi connectivity index (χ1v) is 19.7. The molecule has 3 nitrogen and oxygen atoms in total. The van der Waals surface area contributed by atoms with Gasteiger partial charge in [-0.05, 0) is 112 Å². The van der Waals surface area contributed by atoms with E-state index in [1.165, 1.54) is 42.8 Å². The number of nitrogens with zero attached hydrogens (tertiary/aromatic N) is 1. The van der Waals surface area contributed by atoms with Gasteiger partial charge in [0.1, 0.15) is 22.3 Å². The van der Waals surface area contributed by atoms with Crippen LogP contribution in [0.15, 0.2) is 207 Å². The lowest BCUT2D eigenvalue weighted by Crippen LogP contribution is -2.09. The molecule has 56 heavy (non-hydrogen) atoms. The summed E-state index contributed by atoms with van der Waals surface area (Å²) in [6.45, 7) is 0. The molecule has 0 N–H and O–H groups in total. The van der Waals surface area contributed by atoms with Crippen molar-refractivity contribution in [2.24, 2.45) is 0 Å². The molecule has 4 heteroatoms. The lowest BCUT2D eigenvalue weighted by molar-refractivity contribution is 0.669. The van der Waals surface area contributed by atoms with Crippen LogP contribution in [0.1, 0.15) is 0 Å². The van der Waals surface area contributed by atoms with Crippen molar-refractivity contribution in [3.05, 3.63) is 188 Å². The number of anilines is 3. The fourth-order valence-electron chi connectivity index (χ4n) is 8.60. The first-order valence-electron chi connectivity index (χ1n) is 18.9. The van der Waals surface area contributed by atoms with Crippen molar-refractivity contribution >= 4 is 83.5 Å². The van der Waals surface area contributed by atoms with Gasteiger partial charge in [-0.15, -0.1) is 0 Å². The molecule has 1 aliphatic rings. The molecule has 0 spiro atoms. The van der Waals surface area contributed by atoms with Gasteiger partial charge in [0.25, 0.3) is 0 Å². The van der Waals surface area contributed by atoms with Crippen LogP contribution in [0.25, 0.3) is 88.0 Å². The highest BCUT2D eigenvalue weighted by molar-refractivity contribution is 7.99. The molecule has 3 heterocycles. The number of benzene rings is 9. The second-order valence-electron chi connectivity index (χ2n) is 14.5. The molecule has 0 saturated carbocycles. The maximum Gasteiger partial charge on any atom is 0.137 e. The highest BCUT2D eigenvalue weighted by Gasteiger charge is 2.21. The summed E-state index contributed by atoms with van der Waals surface area (Å²) >= 11 is 1.87. The standard InChI is InChI=1S/C52H31NO2S/c1-3-18-46-40(15-1)42-24-22-38(30-48(42)54-46)53(39-23-25-43-41-16-2-4-19-47(41)55-49(43)31-39)37-14-6-13-35(28-37)33-11-5-12-34(27-33)36-21-26-50-45(29-36)44-17-7-9-32-10-8-20-51(56-50)52(32)44/h1-31H. The summed E-state index contributed by atoms with van der Waals surface area (Å²) in [6, 6.07) is 67.4. The molecule has 0 aliphatic carbocycles. The average molecular weight is 734 g/mol. The third kappa shape index (κ3) is 4.93. The molecule has 1 aliphatic heterocycles. The lowest BCUT2D eigenvalue weighted by Gasteiger charge is -2.26. The zero-order valence-electron chi connectivity index (χ0n) is 30.1. The van der Waals surface area contributed by atoms with Gasteiger partial charge in [0, 0.05) is 65.9 Å². The van der Waals surface area contributed by atoms with E-state index in [-0.39, 0.29) is 0 Å². The highest BCUT2D eigenvalue weighted by atomic mass is 32.2. The largest absolute Gasteiger partial charge is 0.456 e. The van der Waals surface area contributed by atoms with E-state index in [0.29, 0.717) is 0 Å². The molecule has 9 aromatic carbocycles. The van der Waals surface area contributed by atoms with Crippen LogP contribution < -0.4 is 4.90 Å². The van der Waals surface area contributed by atoms with E-state index >= 15 is 0 Å². The molecule has 262 valence electrons. The van der Waals surface area contributed by atoms with Gasteiger partial charge in [-0.3, -0.25) is 0 Å². The van der Waals surface area contributed by atoms with Crippen LogP contribution in [-0.2, 0) is 0 Å². The summed E-state index contributed by atoms with van der Waals surface area (Å²) in [5, 5.41) is 7.07. The van der Waals surface area contributed by atoms with Crippen molar-refractivity contribution < 1.29 is 8.83 Å². The normalized spacial score (nSPS) is 12.2. The van der Waals surface area contributed by atoms with Gasteiger partial charge in [0.15, 0.2) is 0 Å². The average Bonchev–Trinajstić information content (AvgIpc) is 3.82. The SMILES string of the molecule is c1cc(-c2cccc(N(c3ccc4c(c3)oc3ccccc34)c3ccc4c(c3)oc3ccccc34)c2)cc(-c2ccc3c(c2)-c2cccc4cccc(c24)S3)c1. The topological polar surface area (TPSA) is 29.5 Å². The quantitative estimate of drug-likeness (QED) is 0.176. The molecule has 0 fully saturated rings. The number of furan rings is 2. The van der Waals surface area contributed by atoms with E-state index in [4.69, 9.17) is 8.83 Å². The number of fused-ring (bicyclic) bond motifs is 8. The second kappa shape index (κ2) is 12.3. The van der Waals surface area contributed by atoms with Crippen molar-refractivity contribution in [1.29, 1.82) is 0 Å². The molecule has 0 radical (unpaired) electrons. The van der Waals surface area contributed by atoms with E-state index in [0.717, 1.165) is 72.1 Å². The molecule has 2 aromatic heterocycles. The van der Waals surface area contributed by atoms with Gasteiger partial charge in [-0.1, -0.05) is 115 Å². The van der Waals surface area contributed by atoms with Crippen LogP contribution in [0.4, 0.5) is 17.1 Å². The van der Waals surface area contributed by atoms with Crippen LogP contribution in [-0.4, -0.2) is 0 Å². The molecule has 0 bridgehead atoms. The Morgan fingerprint density at radius 3 is 1.59 bits per heavy atom. The molecule has 0 unspecified atom stereocenters. The predicted octanol–water partition coefficient (Wildman–Crippen LogP) is 15.6. The smallest absolute Gasteiger partial charge is 0.137 e. The van der Waals surface area contributed by atoms with Crippen molar-refractivity contribution in [2.45, 2.75) is 9.79 Å². The van der Waals surface area contributed by atoms with Crippen LogP contribution in [0, 0.1) is 0 Å². The van der Waals surface area contributed by atoms with Crippen LogP contribution in [0.5, 0.6) is 0 Å². The fraction of sp³-hybridized carbons (Fsp3) is 0. The fourth-order valence-corrected chi connectivity index (χ4v) is 9.73. The van der Waals surface area contributed by atoms with E-state index in [9.17, 15) is 0 Å². The summed E-state index contributed by atoms with van der Waals surface area (Å²) < 4.78 is 12.8. The molecule has 12 rings (SSSR count). The van der Waals surface area contributed by atoms with Crippen LogP contribution in [0.3, 0.4) is 0 Å². The van der Waals surface area contributed by atoms with Gasteiger partial charge >= 0.3 is 0 Å². The summed E-state index contributed by atoms with van der Waals surface area (Å²) in [5.41, 5.74) is 13.8. The Balaban J connectivity index is 0.973. The Morgan fingerprint density at radius 1 is 0.339 bits per heavy atom. The summed E-state index contributed by atoms with van der Waals surface area (Å²) in [6.07, 6.45) is 0. The first kappa shape index (κ1) is 31.4. The number of para-hydroxylation sites is 2. The minimum atomic E-state index is 0.852. The summed E-state index contributed by atoms with van der Waals surface area (Å²) in [5.74, 6) is 0. The molecule has 0 saturated heterocycles. The molecular weight excluding hydrogens is 703 g/mol. The molecular formula is C52H31NO2S. The maximum absolute atomic E-state index is 6.39. The maximum atomic E-state index is 6.39. The zero-order chi connectivity index (χ0) is 36.7. The van der Waals surface area contributed by atoms with Crippen molar-refractivity contribution in [3.63, 3.8) is 0 Å². The monoisotopic (exact) mass is 733 g/mol. The third-order valence-corrected chi connectivity index (χ3v) is 12.4. The van der Waals surface area contributed by atoms with Crippen LogP contribution >= 0.6 is 11.8 Å². The Bertz CT molecular complexity index is 3250. The van der Waals surface area contributed by atoms with E-state index in [1.807, 2.05) is 36.0 Å². The van der Waals surface area contributed by atoms with Crippen molar-refractivity contribution in [2.75, 3.05) is 4.90 Å². The van der Waals surface area contributed by atoms with Crippen LogP contribution in [0.2, 0.25) is 0 Å². The molecule has 0 amide bonds. The Hall–Kier alpha value is -7.01. The molecule has 11 aromatic rings. The minimum absolute atomic E-state index is 0.852. The van der Waals surface area contributed by atoms with Gasteiger partial charge in [-0.2, -0.15) is 0 Å². The summed E-state index contributed by atoms with van der Waals surface area (Å²) in [4.78, 5) is 4.92. The van der Waals surface area contributed by atoms with E-state index in [2.05, 4.69) is 169 Å². The lowest BCUT2D eigenvalue weighted by atomic mass is 9.93. The number of rotatable bonds is 5. The first-order chi connectivity index (χ1) is 27.7. The predicted molar refractivity (Wildman–Crippen MR) is 234 cm³/mol. The van der Waals surface area contributed by atoms with Gasteiger partial charge in [0.05, 0.1) is 0 Å². The van der Waals surface area contributed by atoms with Crippen molar-refractivity contribution in [3.8, 4) is 33.4 Å². The Morgan fingerprint density at radius 2 is 0.893 bits per heavy atom. The third-order valence-electron chi connectivity index (χ3n) is 11.2. The van der Waals surface area contributed by atoms with E-state index in [1.54, 1.807) is 0 Å². The number of hydrogen-bond acceptors (Lipinski definition) is 4. The minimum Gasteiger partial charge on any atom is -0.456 e. The Labute approximate surface area is 327 Å². The molecule has 0 atom stereocenters. The van der Waals surface area contributed by atoms with Crippen molar-refractivity contribution in [1.82, 2.24) is 0 Å². The number of hydrogen-bond donors (Lipinski definition) is 0. The van der Waals surface area contributed by atoms with E-state index < -0.39 is 0 Å². The highest BCUT2D eigenvalue weighted by Crippen LogP contribution is 2.49. The second-order valence-corrected chi connectivity index (χ2v) is 15.6.